The van der Waals surface area contributed by atoms with Crippen LogP contribution in [0.25, 0.3) is 5.76 Å². The van der Waals surface area contributed by atoms with E-state index in [4.69, 9.17) is 9.47 Å². The van der Waals surface area contributed by atoms with Crippen molar-refractivity contribution in [3.05, 3.63) is 136 Å². The number of carbonyl (C=O) groups is 2. The van der Waals surface area contributed by atoms with Crippen molar-refractivity contribution in [1.82, 2.24) is 10.2 Å². The highest BCUT2D eigenvalue weighted by Gasteiger charge is 2.48. The SMILES string of the molecule is CC1Cc2cc(/C(O)=C3/C(=O)C(=O)N(c4nnc(SCc5ccccc5F)s4)C3c3cccc(OCc4ccccc4)c3)ccc2O1. The van der Waals surface area contributed by atoms with E-state index in [0.717, 1.165) is 28.2 Å². The van der Waals surface area contributed by atoms with Gasteiger partial charge < -0.3 is 14.6 Å². The van der Waals surface area contributed by atoms with Crippen LogP contribution in [0.3, 0.4) is 0 Å². The summed E-state index contributed by atoms with van der Waals surface area (Å²) < 4.78 is 26.6. The molecule has 1 aromatic heterocycles. The van der Waals surface area contributed by atoms with Crippen LogP contribution in [-0.2, 0) is 28.4 Å². The van der Waals surface area contributed by atoms with Gasteiger partial charge in [-0.05, 0) is 65.6 Å². The van der Waals surface area contributed by atoms with Crippen LogP contribution >= 0.6 is 23.1 Å². The Kier molecular flexibility index (Phi) is 8.48. The third kappa shape index (κ3) is 6.24. The molecule has 1 fully saturated rings. The van der Waals surface area contributed by atoms with E-state index in [2.05, 4.69) is 10.2 Å². The van der Waals surface area contributed by atoms with Gasteiger partial charge in [-0.15, -0.1) is 10.2 Å². The van der Waals surface area contributed by atoms with Crippen LogP contribution in [-0.4, -0.2) is 33.1 Å². The van der Waals surface area contributed by atoms with Gasteiger partial charge in [-0.3, -0.25) is 14.5 Å². The van der Waals surface area contributed by atoms with E-state index in [1.165, 1.54) is 22.7 Å². The molecule has 47 heavy (non-hydrogen) atoms. The van der Waals surface area contributed by atoms with Gasteiger partial charge in [0.05, 0.1) is 11.6 Å². The average Bonchev–Trinajstić information content (AvgIpc) is 3.78. The fraction of sp³-hybridized carbons (Fsp3) is 0.167. The molecule has 8 nitrogen and oxygen atoms in total. The number of anilines is 1. The van der Waals surface area contributed by atoms with Crippen LogP contribution in [0.2, 0.25) is 0 Å². The van der Waals surface area contributed by atoms with Crippen LogP contribution in [0.4, 0.5) is 9.52 Å². The summed E-state index contributed by atoms with van der Waals surface area (Å²) in [7, 11) is 0. The molecule has 236 valence electrons. The molecular weight excluding hydrogens is 638 g/mol. The smallest absolute Gasteiger partial charge is 0.301 e. The molecule has 5 aromatic rings. The fourth-order valence-corrected chi connectivity index (χ4v) is 7.55. The molecule has 0 spiro atoms. The van der Waals surface area contributed by atoms with Crippen LogP contribution in [0.5, 0.6) is 11.5 Å². The number of benzene rings is 4. The van der Waals surface area contributed by atoms with Crippen molar-refractivity contribution in [3.63, 3.8) is 0 Å². The Morgan fingerprint density at radius 2 is 1.83 bits per heavy atom. The number of Topliss-reactive ketones (excluding diaryl/α,β-unsaturated/α-hetero) is 1. The molecule has 1 amide bonds. The maximum Gasteiger partial charge on any atom is 0.301 e. The molecule has 0 saturated carbocycles. The Balaban J connectivity index is 1.26. The first-order valence-corrected chi connectivity index (χ1v) is 16.7. The van der Waals surface area contributed by atoms with Gasteiger partial charge in [-0.2, -0.15) is 0 Å². The summed E-state index contributed by atoms with van der Waals surface area (Å²) in [6.45, 7) is 2.28. The number of rotatable bonds is 9. The molecule has 3 heterocycles. The fourth-order valence-electron chi connectivity index (χ4n) is 5.70. The predicted octanol–water partition coefficient (Wildman–Crippen LogP) is 7.50. The van der Waals surface area contributed by atoms with E-state index in [9.17, 15) is 19.1 Å². The van der Waals surface area contributed by atoms with Crippen molar-refractivity contribution < 1.29 is 28.6 Å². The summed E-state index contributed by atoms with van der Waals surface area (Å²) in [5.74, 6) is -0.742. The molecule has 7 rings (SSSR count). The number of aliphatic hydroxyl groups is 1. The van der Waals surface area contributed by atoms with Gasteiger partial charge in [-0.25, -0.2) is 4.39 Å². The summed E-state index contributed by atoms with van der Waals surface area (Å²) in [5.41, 5.74) is 3.27. The minimum atomic E-state index is -1.02. The zero-order valence-corrected chi connectivity index (χ0v) is 26.8. The monoisotopic (exact) mass is 665 g/mol. The summed E-state index contributed by atoms with van der Waals surface area (Å²) in [5, 5.41) is 20.4. The molecule has 11 heteroatoms. The molecule has 1 N–H and O–H groups in total. The number of aliphatic hydroxyl groups excluding tert-OH is 1. The summed E-state index contributed by atoms with van der Waals surface area (Å²) in [6.07, 6.45) is 0.655. The molecule has 0 aliphatic carbocycles. The second kappa shape index (κ2) is 13.0. The maximum atomic E-state index is 14.2. The van der Waals surface area contributed by atoms with Crippen LogP contribution in [0, 0.1) is 5.82 Å². The zero-order valence-electron chi connectivity index (χ0n) is 25.1. The highest BCUT2D eigenvalue weighted by atomic mass is 32.2. The van der Waals surface area contributed by atoms with Crippen molar-refractivity contribution >= 4 is 45.7 Å². The number of halogens is 1. The lowest BCUT2D eigenvalue weighted by Crippen LogP contribution is -2.29. The number of hydrogen-bond acceptors (Lipinski definition) is 9. The Hall–Kier alpha value is -5.00. The Morgan fingerprint density at radius 3 is 2.66 bits per heavy atom. The molecule has 2 aliphatic heterocycles. The number of amides is 1. The molecule has 2 unspecified atom stereocenters. The van der Waals surface area contributed by atoms with Crippen molar-refractivity contribution in [1.29, 1.82) is 0 Å². The number of ether oxygens (including phenoxy) is 2. The molecule has 2 atom stereocenters. The largest absolute Gasteiger partial charge is 0.507 e. The quantitative estimate of drug-likeness (QED) is 0.0568. The van der Waals surface area contributed by atoms with E-state index in [1.807, 2.05) is 37.3 Å². The highest BCUT2D eigenvalue weighted by molar-refractivity contribution is 8.00. The second-order valence-corrected chi connectivity index (χ2v) is 13.4. The number of aromatic nitrogens is 2. The third-order valence-corrected chi connectivity index (χ3v) is 10.1. The number of carbonyl (C=O) groups excluding carboxylic acids is 2. The first kappa shape index (κ1) is 30.6. The van der Waals surface area contributed by atoms with Gasteiger partial charge in [0.2, 0.25) is 5.13 Å². The van der Waals surface area contributed by atoms with Crippen molar-refractivity contribution in [2.45, 2.75) is 42.2 Å². The minimum absolute atomic E-state index is 0.00514. The standard InChI is InChI=1S/C36H28FN3O5S2/c1-21-16-26-17-24(14-15-29(26)45-21)32(41)30-31(23-11-7-12-27(18-23)44-19-22-8-3-2-4-9-22)40(34(43)33(30)42)35-38-39-36(47-35)46-20-25-10-5-6-13-28(25)37/h2-15,17-18,21,31,41H,16,19-20H2,1H3/b32-30-. The van der Waals surface area contributed by atoms with Crippen molar-refractivity contribution in [2.75, 3.05) is 4.90 Å². The number of hydrogen-bond donors (Lipinski definition) is 1. The van der Waals surface area contributed by atoms with E-state index >= 15 is 0 Å². The van der Waals surface area contributed by atoms with Crippen LogP contribution in [0.1, 0.15) is 40.8 Å². The zero-order chi connectivity index (χ0) is 32.5. The van der Waals surface area contributed by atoms with E-state index in [0.29, 0.717) is 45.6 Å². The van der Waals surface area contributed by atoms with Crippen molar-refractivity contribution in [2.24, 2.45) is 0 Å². The van der Waals surface area contributed by atoms with Crippen LogP contribution in [0.15, 0.2) is 107 Å². The highest BCUT2D eigenvalue weighted by Crippen LogP contribution is 2.45. The Labute approximate surface area is 278 Å². The molecule has 4 aromatic carbocycles. The first-order chi connectivity index (χ1) is 22.9. The Bertz CT molecular complexity index is 2010. The summed E-state index contributed by atoms with van der Waals surface area (Å²) in [4.78, 5) is 28.8. The maximum absolute atomic E-state index is 14.2. The molecule has 0 bridgehead atoms. The van der Waals surface area contributed by atoms with Gasteiger partial charge in [-0.1, -0.05) is 83.8 Å². The first-order valence-electron chi connectivity index (χ1n) is 14.9. The molecule has 1 saturated heterocycles. The second-order valence-electron chi connectivity index (χ2n) is 11.2. The van der Waals surface area contributed by atoms with Crippen LogP contribution < -0.4 is 14.4 Å². The van der Waals surface area contributed by atoms with Gasteiger partial charge in [0.15, 0.2) is 4.34 Å². The topological polar surface area (TPSA) is 102 Å². The molecule has 0 radical (unpaired) electrons. The number of ketones is 1. The third-order valence-electron chi connectivity index (χ3n) is 7.95. The molecule has 2 aliphatic rings. The lowest BCUT2D eigenvalue weighted by atomic mass is 9.94. The lowest BCUT2D eigenvalue weighted by molar-refractivity contribution is -0.132. The van der Waals surface area contributed by atoms with E-state index in [1.54, 1.807) is 60.7 Å². The normalized spacial score (nSPS) is 18.3. The number of fused-ring (bicyclic) bond motifs is 1. The van der Waals surface area contributed by atoms with Crippen molar-refractivity contribution in [3.8, 4) is 11.5 Å². The van der Waals surface area contributed by atoms with Gasteiger partial charge >= 0.3 is 5.91 Å². The van der Waals surface area contributed by atoms with E-state index < -0.39 is 17.7 Å². The number of nitrogens with zero attached hydrogens (tertiary/aromatic N) is 3. The summed E-state index contributed by atoms with van der Waals surface area (Å²) >= 11 is 2.39. The Morgan fingerprint density at radius 1 is 1.02 bits per heavy atom. The minimum Gasteiger partial charge on any atom is -0.507 e. The van der Waals surface area contributed by atoms with E-state index in [-0.39, 0.29) is 28.4 Å². The lowest BCUT2D eigenvalue weighted by Gasteiger charge is -2.23. The average molecular weight is 666 g/mol. The predicted molar refractivity (Wildman–Crippen MR) is 178 cm³/mol. The molecular formula is C36H28FN3O5S2. The summed E-state index contributed by atoms with van der Waals surface area (Å²) in [6, 6.07) is 27.5. The van der Waals surface area contributed by atoms with Gasteiger partial charge in [0.1, 0.15) is 35.8 Å². The van der Waals surface area contributed by atoms with Gasteiger partial charge in [0.25, 0.3) is 5.78 Å². The van der Waals surface area contributed by atoms with Gasteiger partial charge in [0, 0.05) is 17.7 Å². The number of thioether (sulfide) groups is 1.